The Balaban J connectivity index is 1.39. The Morgan fingerprint density at radius 2 is 1.73 bits per heavy atom. The molecule has 4 heteroatoms. The lowest BCUT2D eigenvalue weighted by Crippen LogP contribution is -2.48. The molecule has 4 aliphatic rings. The van der Waals surface area contributed by atoms with Crippen molar-refractivity contribution in [1.82, 2.24) is 0 Å². The van der Waals surface area contributed by atoms with Crippen LogP contribution in [0.25, 0.3) is 0 Å². The van der Waals surface area contributed by atoms with Gasteiger partial charge in [-0.1, -0.05) is 13.8 Å². The van der Waals surface area contributed by atoms with Gasteiger partial charge in [0.05, 0.1) is 5.41 Å². The van der Waals surface area contributed by atoms with E-state index in [0.717, 1.165) is 42.4 Å². The van der Waals surface area contributed by atoms with Crippen molar-refractivity contribution in [3.8, 4) is 0 Å². The molecule has 4 fully saturated rings. The topological polar surface area (TPSA) is 52.6 Å². The molecule has 4 bridgehead atoms. The van der Waals surface area contributed by atoms with Crippen molar-refractivity contribution in [1.29, 1.82) is 0 Å². The first-order valence-corrected chi connectivity index (χ1v) is 10.7. The quantitative estimate of drug-likeness (QED) is 0.520. The molecule has 26 heavy (non-hydrogen) atoms. The van der Waals surface area contributed by atoms with Gasteiger partial charge >= 0.3 is 11.9 Å². The van der Waals surface area contributed by atoms with Crippen molar-refractivity contribution in [2.24, 2.45) is 40.9 Å². The average molecular weight is 363 g/mol. The summed E-state index contributed by atoms with van der Waals surface area (Å²) in [5, 5.41) is 0. The summed E-state index contributed by atoms with van der Waals surface area (Å²) in [5.41, 5.74) is -0.856. The minimum Gasteiger partial charge on any atom is -0.456 e. The fourth-order valence-corrected chi connectivity index (χ4v) is 7.01. The lowest BCUT2D eigenvalue weighted by molar-refractivity contribution is -0.182. The summed E-state index contributed by atoms with van der Waals surface area (Å²) >= 11 is 0. The van der Waals surface area contributed by atoms with Crippen molar-refractivity contribution < 1.29 is 19.1 Å². The SMILES string of the molecule is CCC(C)(C)C(=O)OCC(=O)OC1(CC)CC2CC1C1C3CCC(C3)C21. The zero-order valence-electron chi connectivity index (χ0n) is 16.8. The molecule has 4 saturated carbocycles. The molecular weight excluding hydrogens is 328 g/mol. The highest BCUT2D eigenvalue weighted by atomic mass is 16.6. The molecule has 0 spiro atoms. The van der Waals surface area contributed by atoms with E-state index in [4.69, 9.17) is 9.47 Å². The normalized spacial score (nSPS) is 42.8. The third-order valence-corrected chi connectivity index (χ3v) is 8.57. The summed E-state index contributed by atoms with van der Waals surface area (Å²) in [6.07, 6.45) is 8.07. The molecule has 0 aromatic carbocycles. The highest BCUT2D eigenvalue weighted by Gasteiger charge is 2.67. The Hall–Kier alpha value is -1.06. The van der Waals surface area contributed by atoms with Crippen LogP contribution in [0.2, 0.25) is 0 Å². The summed E-state index contributed by atoms with van der Waals surface area (Å²) in [4.78, 5) is 24.6. The first kappa shape index (κ1) is 18.3. The molecule has 4 nitrogen and oxygen atoms in total. The molecule has 4 aliphatic carbocycles. The van der Waals surface area contributed by atoms with E-state index >= 15 is 0 Å². The molecule has 0 heterocycles. The van der Waals surface area contributed by atoms with Crippen LogP contribution >= 0.6 is 0 Å². The van der Waals surface area contributed by atoms with Crippen LogP contribution in [0.3, 0.4) is 0 Å². The predicted molar refractivity (Wildman–Crippen MR) is 98.2 cm³/mol. The zero-order chi connectivity index (χ0) is 18.7. The Kier molecular flexibility index (Phi) is 4.39. The lowest BCUT2D eigenvalue weighted by Gasteiger charge is -2.45. The fraction of sp³-hybridized carbons (Fsp3) is 0.909. The smallest absolute Gasteiger partial charge is 0.344 e. The molecule has 0 radical (unpaired) electrons. The van der Waals surface area contributed by atoms with Crippen molar-refractivity contribution in [3.63, 3.8) is 0 Å². The molecule has 0 N–H and O–H groups in total. The minimum atomic E-state index is -0.550. The minimum absolute atomic E-state index is 0.248. The molecule has 7 unspecified atom stereocenters. The summed E-state index contributed by atoms with van der Waals surface area (Å²) in [6.45, 7) is 7.55. The van der Waals surface area contributed by atoms with Crippen LogP contribution in [-0.4, -0.2) is 24.1 Å². The number of carbonyl (C=O) groups is 2. The van der Waals surface area contributed by atoms with Gasteiger partial charge in [0.15, 0.2) is 6.61 Å². The Morgan fingerprint density at radius 3 is 2.38 bits per heavy atom. The molecule has 7 atom stereocenters. The van der Waals surface area contributed by atoms with Crippen molar-refractivity contribution >= 4 is 11.9 Å². The van der Waals surface area contributed by atoms with Crippen molar-refractivity contribution in [2.45, 2.75) is 78.2 Å². The summed E-state index contributed by atoms with van der Waals surface area (Å²) in [5.74, 6) is 4.10. The number of fused-ring (bicyclic) bond motifs is 9. The number of esters is 2. The molecule has 0 aromatic heterocycles. The third kappa shape index (κ3) is 2.62. The van der Waals surface area contributed by atoms with Crippen LogP contribution in [0.4, 0.5) is 0 Å². The second-order valence-electron chi connectivity index (χ2n) is 10.0. The molecule has 0 aromatic rings. The molecule has 0 saturated heterocycles. The van der Waals surface area contributed by atoms with E-state index in [9.17, 15) is 9.59 Å². The van der Waals surface area contributed by atoms with Crippen LogP contribution in [0.15, 0.2) is 0 Å². The molecule has 0 amide bonds. The average Bonchev–Trinajstić information content (AvgIpc) is 3.37. The van der Waals surface area contributed by atoms with Gasteiger partial charge in [-0.15, -0.1) is 0 Å². The third-order valence-electron chi connectivity index (χ3n) is 8.57. The van der Waals surface area contributed by atoms with Gasteiger partial charge in [0, 0.05) is 5.92 Å². The van der Waals surface area contributed by atoms with Gasteiger partial charge in [-0.25, -0.2) is 4.79 Å². The monoisotopic (exact) mass is 362 g/mol. The fourth-order valence-electron chi connectivity index (χ4n) is 7.01. The molecule has 0 aliphatic heterocycles. The van der Waals surface area contributed by atoms with Crippen LogP contribution in [0.1, 0.15) is 72.6 Å². The van der Waals surface area contributed by atoms with E-state index in [2.05, 4.69) is 6.92 Å². The number of hydrogen-bond acceptors (Lipinski definition) is 4. The van der Waals surface area contributed by atoms with E-state index in [1.807, 2.05) is 20.8 Å². The van der Waals surface area contributed by atoms with Gasteiger partial charge in [0.25, 0.3) is 0 Å². The van der Waals surface area contributed by atoms with Gasteiger partial charge < -0.3 is 9.47 Å². The number of carbonyl (C=O) groups excluding carboxylic acids is 2. The van der Waals surface area contributed by atoms with Crippen molar-refractivity contribution in [2.75, 3.05) is 6.61 Å². The van der Waals surface area contributed by atoms with E-state index in [-0.39, 0.29) is 24.1 Å². The highest BCUT2D eigenvalue weighted by Crippen LogP contribution is 2.70. The number of hydrogen-bond donors (Lipinski definition) is 0. The molecule has 146 valence electrons. The number of rotatable bonds is 6. The molecule has 4 rings (SSSR count). The van der Waals surface area contributed by atoms with Crippen LogP contribution < -0.4 is 0 Å². The Morgan fingerprint density at radius 1 is 1.04 bits per heavy atom. The second kappa shape index (κ2) is 6.24. The van der Waals surface area contributed by atoms with Gasteiger partial charge in [0.2, 0.25) is 0 Å². The Labute approximate surface area is 157 Å². The van der Waals surface area contributed by atoms with Gasteiger partial charge in [-0.05, 0) is 88.4 Å². The largest absolute Gasteiger partial charge is 0.456 e. The van der Waals surface area contributed by atoms with Gasteiger partial charge in [-0.3, -0.25) is 4.79 Å². The summed E-state index contributed by atoms with van der Waals surface area (Å²) in [6, 6.07) is 0. The van der Waals surface area contributed by atoms with Gasteiger partial charge in [-0.2, -0.15) is 0 Å². The highest BCUT2D eigenvalue weighted by molar-refractivity contribution is 5.80. The zero-order valence-corrected chi connectivity index (χ0v) is 16.8. The maximum Gasteiger partial charge on any atom is 0.344 e. The predicted octanol–water partition coefficient (Wildman–Crippen LogP) is 4.36. The standard InChI is InChI=1S/C22H34O4/c1-5-21(3,4)20(24)25-12-17(23)26-22(6-2)11-15-10-16(22)19-14-8-7-13(9-14)18(15)19/h13-16,18-19H,5-12H2,1-4H3. The van der Waals surface area contributed by atoms with Crippen LogP contribution in [0.5, 0.6) is 0 Å². The summed E-state index contributed by atoms with van der Waals surface area (Å²) in [7, 11) is 0. The summed E-state index contributed by atoms with van der Waals surface area (Å²) < 4.78 is 11.3. The second-order valence-corrected chi connectivity index (χ2v) is 10.0. The van der Waals surface area contributed by atoms with Crippen molar-refractivity contribution in [3.05, 3.63) is 0 Å². The first-order chi connectivity index (χ1) is 12.3. The van der Waals surface area contributed by atoms with E-state index in [1.165, 1.54) is 25.7 Å². The maximum atomic E-state index is 12.5. The van der Waals surface area contributed by atoms with Crippen LogP contribution in [0, 0.1) is 40.9 Å². The number of ether oxygens (including phenoxy) is 2. The van der Waals surface area contributed by atoms with E-state index in [0.29, 0.717) is 12.3 Å². The first-order valence-electron chi connectivity index (χ1n) is 10.7. The lowest BCUT2D eigenvalue weighted by atomic mass is 9.65. The Bertz CT molecular complexity index is 597. The van der Waals surface area contributed by atoms with E-state index in [1.54, 1.807) is 0 Å². The molecular formula is C22H34O4. The van der Waals surface area contributed by atoms with Gasteiger partial charge in [0.1, 0.15) is 5.60 Å². The van der Waals surface area contributed by atoms with E-state index < -0.39 is 5.41 Å². The maximum absolute atomic E-state index is 12.5. The van der Waals surface area contributed by atoms with Crippen LogP contribution in [-0.2, 0) is 19.1 Å².